The average molecular weight is 310 g/mol. The molecule has 1 atom stereocenters. The second kappa shape index (κ2) is 8.89. The van der Waals surface area contributed by atoms with Crippen LogP contribution in [0.4, 0.5) is 0 Å². The van der Waals surface area contributed by atoms with Crippen molar-refractivity contribution in [2.75, 3.05) is 0 Å². The van der Waals surface area contributed by atoms with Gasteiger partial charge < -0.3 is 4.74 Å². The zero-order valence-electron chi connectivity index (χ0n) is 13.4. The van der Waals surface area contributed by atoms with E-state index in [-0.39, 0.29) is 5.78 Å². The monoisotopic (exact) mass is 310 g/mol. The fraction of sp³-hybridized carbons (Fsp3) is 0.300. The van der Waals surface area contributed by atoms with E-state index >= 15 is 0 Å². The van der Waals surface area contributed by atoms with Gasteiger partial charge in [-0.2, -0.15) is 0 Å². The van der Waals surface area contributed by atoms with E-state index < -0.39 is 12.1 Å². The summed E-state index contributed by atoms with van der Waals surface area (Å²) in [5, 5.41) is 0. The number of ketones is 1. The fourth-order valence-electron chi connectivity index (χ4n) is 2.38. The molecule has 0 saturated carbocycles. The lowest BCUT2D eigenvalue weighted by atomic mass is 10.0. The lowest BCUT2D eigenvalue weighted by Crippen LogP contribution is -2.27. The van der Waals surface area contributed by atoms with Crippen molar-refractivity contribution in [1.29, 1.82) is 0 Å². The average Bonchev–Trinajstić information content (AvgIpc) is 2.62. The first-order chi connectivity index (χ1) is 11.2. The van der Waals surface area contributed by atoms with Gasteiger partial charge in [0.2, 0.25) is 5.78 Å². The highest BCUT2D eigenvalue weighted by molar-refractivity contribution is 6.01. The number of Topliss-reactive ketones (excluding diaryl/α,β-unsaturated/α-hetero) is 1. The molecule has 2 aromatic carbocycles. The van der Waals surface area contributed by atoms with E-state index in [1.54, 1.807) is 36.4 Å². The Bertz CT molecular complexity index is 620. The Morgan fingerprint density at radius 1 is 0.870 bits per heavy atom. The molecule has 0 N–H and O–H groups in total. The number of carbonyl (C=O) groups is 2. The van der Waals surface area contributed by atoms with Crippen LogP contribution in [0.3, 0.4) is 0 Å². The van der Waals surface area contributed by atoms with Crippen molar-refractivity contribution < 1.29 is 14.3 Å². The third kappa shape index (κ3) is 5.06. The maximum atomic E-state index is 12.6. The quantitative estimate of drug-likeness (QED) is 0.404. The summed E-state index contributed by atoms with van der Waals surface area (Å²) in [7, 11) is 0. The van der Waals surface area contributed by atoms with Gasteiger partial charge in [-0.15, -0.1) is 0 Å². The highest BCUT2D eigenvalue weighted by Crippen LogP contribution is 2.15. The SMILES string of the molecule is CCCCCC(OC(=O)c1ccccc1)C(=O)c1ccccc1. The smallest absolute Gasteiger partial charge is 0.338 e. The maximum Gasteiger partial charge on any atom is 0.338 e. The van der Waals surface area contributed by atoms with E-state index in [9.17, 15) is 9.59 Å². The Morgan fingerprint density at radius 3 is 2.00 bits per heavy atom. The van der Waals surface area contributed by atoms with Gasteiger partial charge in [-0.05, 0) is 25.0 Å². The number of hydrogen-bond acceptors (Lipinski definition) is 3. The summed E-state index contributed by atoms with van der Waals surface area (Å²) in [6, 6.07) is 17.8. The zero-order chi connectivity index (χ0) is 16.5. The molecular formula is C20H22O3. The summed E-state index contributed by atoms with van der Waals surface area (Å²) in [5.74, 6) is -0.581. The molecule has 0 bridgehead atoms. The molecule has 23 heavy (non-hydrogen) atoms. The molecule has 3 heteroatoms. The van der Waals surface area contributed by atoms with Crippen LogP contribution in [-0.4, -0.2) is 17.9 Å². The Kier molecular flexibility index (Phi) is 6.55. The van der Waals surface area contributed by atoms with Crippen molar-refractivity contribution in [1.82, 2.24) is 0 Å². The molecular weight excluding hydrogens is 288 g/mol. The number of benzene rings is 2. The minimum Gasteiger partial charge on any atom is -0.450 e. The van der Waals surface area contributed by atoms with Gasteiger partial charge in [0.05, 0.1) is 5.56 Å². The molecule has 2 rings (SSSR count). The van der Waals surface area contributed by atoms with Gasteiger partial charge in [-0.25, -0.2) is 4.79 Å². The number of hydrogen-bond donors (Lipinski definition) is 0. The molecule has 0 radical (unpaired) electrons. The van der Waals surface area contributed by atoms with Crippen molar-refractivity contribution in [3.8, 4) is 0 Å². The lowest BCUT2D eigenvalue weighted by molar-refractivity contribution is 0.0263. The van der Waals surface area contributed by atoms with Crippen LogP contribution in [-0.2, 0) is 4.74 Å². The number of esters is 1. The molecule has 0 spiro atoms. The van der Waals surface area contributed by atoms with Gasteiger partial charge in [0.25, 0.3) is 0 Å². The van der Waals surface area contributed by atoms with Gasteiger partial charge in [-0.3, -0.25) is 4.79 Å². The van der Waals surface area contributed by atoms with E-state index in [4.69, 9.17) is 4.74 Å². The van der Waals surface area contributed by atoms with Crippen LogP contribution in [0.1, 0.15) is 53.3 Å². The molecule has 0 heterocycles. The molecule has 2 aromatic rings. The molecule has 0 aliphatic rings. The van der Waals surface area contributed by atoms with Crippen LogP contribution in [0.2, 0.25) is 0 Å². The second-order valence-corrected chi connectivity index (χ2v) is 5.49. The van der Waals surface area contributed by atoms with E-state index in [1.807, 2.05) is 24.3 Å². The van der Waals surface area contributed by atoms with Gasteiger partial charge in [0.1, 0.15) is 0 Å². The lowest BCUT2D eigenvalue weighted by Gasteiger charge is -2.17. The minimum absolute atomic E-state index is 0.133. The van der Waals surface area contributed by atoms with Crippen LogP contribution in [0.25, 0.3) is 0 Å². The molecule has 120 valence electrons. The summed E-state index contributed by atoms with van der Waals surface area (Å²) in [4.78, 5) is 24.9. The molecule has 0 saturated heterocycles. The first-order valence-corrected chi connectivity index (χ1v) is 8.07. The van der Waals surface area contributed by atoms with Crippen molar-refractivity contribution in [3.63, 3.8) is 0 Å². The minimum atomic E-state index is -0.725. The molecule has 1 unspecified atom stereocenters. The highest BCUT2D eigenvalue weighted by Gasteiger charge is 2.24. The number of ether oxygens (including phenoxy) is 1. The van der Waals surface area contributed by atoms with Crippen LogP contribution < -0.4 is 0 Å². The third-order valence-corrected chi connectivity index (χ3v) is 3.68. The molecule has 0 aliphatic carbocycles. The molecule has 0 aliphatic heterocycles. The van der Waals surface area contributed by atoms with Crippen molar-refractivity contribution in [2.45, 2.75) is 38.7 Å². The van der Waals surface area contributed by atoms with Crippen molar-refractivity contribution in [3.05, 3.63) is 71.8 Å². The van der Waals surface area contributed by atoms with Crippen LogP contribution in [0, 0.1) is 0 Å². The molecule has 0 fully saturated rings. The Hall–Kier alpha value is -2.42. The predicted molar refractivity (Wildman–Crippen MR) is 90.6 cm³/mol. The topological polar surface area (TPSA) is 43.4 Å². The zero-order valence-corrected chi connectivity index (χ0v) is 13.4. The summed E-state index contributed by atoms with van der Waals surface area (Å²) in [6.45, 7) is 2.10. The Morgan fingerprint density at radius 2 is 1.43 bits per heavy atom. The van der Waals surface area contributed by atoms with Crippen molar-refractivity contribution in [2.24, 2.45) is 0 Å². The normalized spacial score (nSPS) is 11.7. The summed E-state index contributed by atoms with van der Waals surface area (Å²) in [5.41, 5.74) is 1.05. The number of unbranched alkanes of at least 4 members (excludes halogenated alkanes) is 2. The van der Waals surface area contributed by atoms with Gasteiger partial charge in [0, 0.05) is 5.56 Å². The summed E-state index contributed by atoms with van der Waals surface area (Å²) < 4.78 is 5.51. The Balaban J connectivity index is 2.10. The molecule has 0 aromatic heterocycles. The van der Waals surface area contributed by atoms with Crippen LogP contribution in [0.15, 0.2) is 60.7 Å². The Labute approximate surface area is 137 Å². The van der Waals surface area contributed by atoms with Gasteiger partial charge >= 0.3 is 5.97 Å². The fourth-order valence-corrected chi connectivity index (χ4v) is 2.38. The molecule has 3 nitrogen and oxygen atoms in total. The van der Waals surface area contributed by atoms with E-state index in [1.165, 1.54) is 0 Å². The van der Waals surface area contributed by atoms with E-state index in [0.29, 0.717) is 17.5 Å². The number of rotatable bonds is 8. The van der Waals surface area contributed by atoms with Crippen molar-refractivity contribution >= 4 is 11.8 Å². The molecule has 0 amide bonds. The van der Waals surface area contributed by atoms with E-state index in [0.717, 1.165) is 19.3 Å². The largest absolute Gasteiger partial charge is 0.450 e. The first kappa shape index (κ1) is 16.9. The summed E-state index contributed by atoms with van der Waals surface area (Å²) in [6.07, 6.45) is 2.76. The highest BCUT2D eigenvalue weighted by atomic mass is 16.5. The van der Waals surface area contributed by atoms with Crippen LogP contribution >= 0.6 is 0 Å². The maximum absolute atomic E-state index is 12.6. The van der Waals surface area contributed by atoms with E-state index in [2.05, 4.69) is 6.92 Å². The summed E-state index contributed by atoms with van der Waals surface area (Å²) >= 11 is 0. The van der Waals surface area contributed by atoms with Gasteiger partial charge in [-0.1, -0.05) is 68.3 Å². The second-order valence-electron chi connectivity index (χ2n) is 5.49. The predicted octanol–water partition coefficient (Wildman–Crippen LogP) is 4.68. The third-order valence-electron chi connectivity index (χ3n) is 3.68. The van der Waals surface area contributed by atoms with Crippen LogP contribution in [0.5, 0.6) is 0 Å². The first-order valence-electron chi connectivity index (χ1n) is 8.07. The number of carbonyl (C=O) groups excluding carboxylic acids is 2. The van der Waals surface area contributed by atoms with Gasteiger partial charge in [0.15, 0.2) is 6.10 Å². The standard InChI is InChI=1S/C20H22O3/c1-2-3-6-15-18(19(21)16-11-7-4-8-12-16)23-20(22)17-13-9-5-10-14-17/h4-5,7-14,18H,2-3,6,15H2,1H3.